The average molecular weight is 338 g/mol. The van der Waals surface area contributed by atoms with Crippen LogP contribution in [0.15, 0.2) is 0 Å². The fourth-order valence-electron chi connectivity index (χ4n) is 3.30. The quantitative estimate of drug-likeness (QED) is 0.579. The van der Waals surface area contributed by atoms with E-state index in [0.717, 1.165) is 12.8 Å². The zero-order chi connectivity index (χ0) is 17.7. The molecule has 0 bridgehead atoms. The SMILES string of the molecule is CCNC(=O)[C@@H](C)NC(=O)CCCN1C(=O)NC2(CCCC2)C1=O. The van der Waals surface area contributed by atoms with Gasteiger partial charge in [0.1, 0.15) is 11.6 Å². The summed E-state index contributed by atoms with van der Waals surface area (Å²) in [6.45, 7) is 4.15. The van der Waals surface area contributed by atoms with Crippen LogP contribution < -0.4 is 16.0 Å². The van der Waals surface area contributed by atoms with Crippen LogP contribution in [0.3, 0.4) is 0 Å². The molecule has 2 rings (SSSR count). The van der Waals surface area contributed by atoms with Gasteiger partial charge in [-0.2, -0.15) is 0 Å². The summed E-state index contributed by atoms with van der Waals surface area (Å²) < 4.78 is 0. The zero-order valence-electron chi connectivity index (χ0n) is 14.3. The largest absolute Gasteiger partial charge is 0.355 e. The maximum atomic E-state index is 12.4. The standard InChI is InChI=1S/C16H26N4O4/c1-3-17-13(22)11(2)18-12(21)7-6-10-20-14(23)16(19-15(20)24)8-4-5-9-16/h11H,3-10H2,1-2H3,(H,17,22)(H,18,21)(H,19,24)/t11-/m1/s1. The topological polar surface area (TPSA) is 108 Å². The van der Waals surface area contributed by atoms with Gasteiger partial charge in [0.25, 0.3) is 5.91 Å². The lowest BCUT2D eigenvalue weighted by molar-refractivity contribution is -0.131. The minimum absolute atomic E-state index is 0.161. The number of hydrogen-bond donors (Lipinski definition) is 3. The van der Waals surface area contributed by atoms with Crippen molar-refractivity contribution in [1.82, 2.24) is 20.9 Å². The molecule has 1 aliphatic heterocycles. The predicted molar refractivity (Wildman–Crippen MR) is 87.0 cm³/mol. The van der Waals surface area contributed by atoms with E-state index in [0.29, 0.717) is 25.8 Å². The lowest BCUT2D eigenvalue weighted by Crippen LogP contribution is -2.45. The molecule has 0 radical (unpaired) electrons. The smallest absolute Gasteiger partial charge is 0.325 e. The highest BCUT2D eigenvalue weighted by molar-refractivity contribution is 6.07. The van der Waals surface area contributed by atoms with Crippen molar-refractivity contribution in [2.75, 3.05) is 13.1 Å². The molecule has 1 atom stereocenters. The van der Waals surface area contributed by atoms with Crippen molar-refractivity contribution >= 4 is 23.8 Å². The van der Waals surface area contributed by atoms with Gasteiger partial charge < -0.3 is 16.0 Å². The number of rotatable bonds is 7. The predicted octanol–water partition coefficient (Wildman–Crippen LogP) is 0.272. The van der Waals surface area contributed by atoms with Gasteiger partial charge >= 0.3 is 6.03 Å². The monoisotopic (exact) mass is 338 g/mol. The molecule has 24 heavy (non-hydrogen) atoms. The Balaban J connectivity index is 1.75. The van der Waals surface area contributed by atoms with Crippen LogP contribution in [-0.2, 0) is 14.4 Å². The molecule has 5 amide bonds. The van der Waals surface area contributed by atoms with E-state index in [1.54, 1.807) is 6.92 Å². The van der Waals surface area contributed by atoms with Gasteiger partial charge in [-0.25, -0.2) is 4.79 Å². The average Bonchev–Trinajstić information content (AvgIpc) is 3.08. The number of nitrogens with one attached hydrogen (secondary N) is 3. The first-order valence-corrected chi connectivity index (χ1v) is 8.61. The first-order valence-electron chi connectivity index (χ1n) is 8.61. The Morgan fingerprint density at radius 3 is 2.58 bits per heavy atom. The van der Waals surface area contributed by atoms with E-state index in [4.69, 9.17) is 0 Å². The van der Waals surface area contributed by atoms with Gasteiger partial charge in [0.2, 0.25) is 11.8 Å². The highest BCUT2D eigenvalue weighted by atomic mass is 16.2. The van der Waals surface area contributed by atoms with Crippen LogP contribution in [0, 0.1) is 0 Å². The van der Waals surface area contributed by atoms with Crippen molar-refractivity contribution in [3.8, 4) is 0 Å². The van der Waals surface area contributed by atoms with E-state index < -0.39 is 11.6 Å². The molecule has 0 aromatic rings. The minimum Gasteiger partial charge on any atom is -0.355 e. The molecule has 1 heterocycles. The molecule has 3 N–H and O–H groups in total. The number of imide groups is 1. The Morgan fingerprint density at radius 1 is 1.29 bits per heavy atom. The summed E-state index contributed by atoms with van der Waals surface area (Å²) in [6, 6.07) is -0.964. The van der Waals surface area contributed by atoms with Gasteiger partial charge in [-0.1, -0.05) is 12.8 Å². The van der Waals surface area contributed by atoms with Gasteiger partial charge in [0.15, 0.2) is 0 Å². The summed E-state index contributed by atoms with van der Waals surface area (Å²) in [5.74, 6) is -0.666. The third kappa shape index (κ3) is 3.85. The highest BCUT2D eigenvalue weighted by Crippen LogP contribution is 2.35. The van der Waals surface area contributed by atoms with Crippen molar-refractivity contribution in [2.24, 2.45) is 0 Å². The van der Waals surface area contributed by atoms with Crippen LogP contribution in [0.4, 0.5) is 4.79 Å². The molecular weight excluding hydrogens is 312 g/mol. The molecule has 0 aromatic carbocycles. The van der Waals surface area contributed by atoms with Crippen LogP contribution >= 0.6 is 0 Å². The van der Waals surface area contributed by atoms with Crippen LogP contribution in [0.25, 0.3) is 0 Å². The molecule has 0 unspecified atom stereocenters. The van der Waals surface area contributed by atoms with Crippen molar-refractivity contribution in [3.63, 3.8) is 0 Å². The van der Waals surface area contributed by atoms with Crippen molar-refractivity contribution in [2.45, 2.75) is 64.0 Å². The van der Waals surface area contributed by atoms with Crippen LogP contribution in [0.5, 0.6) is 0 Å². The molecular formula is C16H26N4O4. The van der Waals surface area contributed by atoms with Gasteiger partial charge in [-0.3, -0.25) is 19.3 Å². The number of urea groups is 1. The fourth-order valence-corrected chi connectivity index (χ4v) is 3.30. The number of amides is 5. The lowest BCUT2D eigenvalue weighted by Gasteiger charge is -2.20. The van der Waals surface area contributed by atoms with E-state index >= 15 is 0 Å². The summed E-state index contributed by atoms with van der Waals surface area (Å²) in [6.07, 6.45) is 3.81. The first kappa shape index (κ1) is 18.2. The maximum absolute atomic E-state index is 12.4. The molecule has 1 saturated carbocycles. The fraction of sp³-hybridized carbons (Fsp3) is 0.750. The molecule has 1 saturated heterocycles. The second-order valence-corrected chi connectivity index (χ2v) is 6.46. The lowest BCUT2D eigenvalue weighted by atomic mass is 9.98. The van der Waals surface area contributed by atoms with E-state index in [1.807, 2.05) is 6.92 Å². The molecule has 134 valence electrons. The van der Waals surface area contributed by atoms with Crippen LogP contribution in [0.2, 0.25) is 0 Å². The van der Waals surface area contributed by atoms with E-state index in [1.165, 1.54) is 4.90 Å². The Hall–Kier alpha value is -2.12. The Labute approximate surface area is 141 Å². The number of likely N-dealkylation sites (N-methyl/N-ethyl adjacent to an activating group) is 1. The zero-order valence-corrected chi connectivity index (χ0v) is 14.3. The Morgan fingerprint density at radius 2 is 1.96 bits per heavy atom. The third-order valence-electron chi connectivity index (χ3n) is 4.61. The molecule has 8 nitrogen and oxygen atoms in total. The van der Waals surface area contributed by atoms with Gasteiger partial charge in [0, 0.05) is 19.5 Å². The summed E-state index contributed by atoms with van der Waals surface area (Å²) in [5.41, 5.74) is -0.702. The third-order valence-corrected chi connectivity index (χ3v) is 4.61. The second kappa shape index (κ2) is 7.63. The van der Waals surface area contributed by atoms with E-state index in [-0.39, 0.29) is 36.7 Å². The van der Waals surface area contributed by atoms with Crippen molar-refractivity contribution < 1.29 is 19.2 Å². The van der Waals surface area contributed by atoms with E-state index in [9.17, 15) is 19.2 Å². The normalized spacial score (nSPS) is 20.2. The number of hydrogen-bond acceptors (Lipinski definition) is 4. The number of nitrogens with zero attached hydrogens (tertiary/aromatic N) is 1. The number of carbonyl (C=O) groups is 4. The van der Waals surface area contributed by atoms with Crippen molar-refractivity contribution in [3.05, 3.63) is 0 Å². The molecule has 0 aromatic heterocycles. The maximum Gasteiger partial charge on any atom is 0.325 e. The van der Waals surface area contributed by atoms with Gasteiger partial charge in [0.05, 0.1) is 0 Å². The van der Waals surface area contributed by atoms with E-state index in [2.05, 4.69) is 16.0 Å². The van der Waals surface area contributed by atoms with Crippen molar-refractivity contribution in [1.29, 1.82) is 0 Å². The first-order chi connectivity index (χ1) is 11.4. The van der Waals surface area contributed by atoms with Gasteiger partial charge in [-0.15, -0.1) is 0 Å². The summed E-state index contributed by atoms with van der Waals surface area (Å²) in [5, 5.41) is 8.05. The molecule has 2 fully saturated rings. The second-order valence-electron chi connectivity index (χ2n) is 6.46. The molecule has 1 aliphatic carbocycles. The molecule has 2 aliphatic rings. The Bertz CT molecular complexity index is 528. The highest BCUT2D eigenvalue weighted by Gasteiger charge is 2.51. The summed E-state index contributed by atoms with van der Waals surface area (Å²) in [7, 11) is 0. The Kier molecular flexibility index (Phi) is 5.80. The minimum atomic E-state index is -0.702. The summed E-state index contributed by atoms with van der Waals surface area (Å²) in [4.78, 5) is 49.1. The molecule has 8 heteroatoms. The number of carbonyl (C=O) groups excluding carboxylic acids is 4. The van der Waals surface area contributed by atoms with Crippen LogP contribution in [0.1, 0.15) is 52.4 Å². The van der Waals surface area contributed by atoms with Gasteiger partial charge in [-0.05, 0) is 33.1 Å². The van der Waals surface area contributed by atoms with Crippen LogP contribution in [-0.4, -0.2) is 53.3 Å². The summed E-state index contributed by atoms with van der Waals surface area (Å²) >= 11 is 0. The molecule has 1 spiro atoms.